The molecule has 0 amide bonds. The highest BCUT2D eigenvalue weighted by Crippen LogP contribution is 2.13. The SMILES string of the molecule is Nc1ncnc2c1ncn2/N=C/c1ccccc1. The topological polar surface area (TPSA) is 82.0 Å². The summed E-state index contributed by atoms with van der Waals surface area (Å²) in [7, 11) is 0. The maximum Gasteiger partial charge on any atom is 0.186 e. The van der Waals surface area contributed by atoms with Crippen molar-refractivity contribution < 1.29 is 0 Å². The van der Waals surface area contributed by atoms with Gasteiger partial charge in [0.2, 0.25) is 0 Å². The summed E-state index contributed by atoms with van der Waals surface area (Å²) in [4.78, 5) is 12.1. The predicted octanol–water partition coefficient (Wildman–Crippen LogP) is 1.29. The Morgan fingerprint density at radius 2 is 1.94 bits per heavy atom. The van der Waals surface area contributed by atoms with Crippen molar-refractivity contribution in [2.45, 2.75) is 0 Å². The lowest BCUT2D eigenvalue weighted by atomic mass is 10.2. The van der Waals surface area contributed by atoms with E-state index in [1.54, 1.807) is 17.2 Å². The summed E-state index contributed by atoms with van der Waals surface area (Å²) in [5.41, 5.74) is 7.85. The molecule has 1 aromatic carbocycles. The van der Waals surface area contributed by atoms with Gasteiger partial charge in [-0.15, -0.1) is 0 Å². The number of imidazole rings is 1. The molecule has 0 aliphatic heterocycles. The van der Waals surface area contributed by atoms with Gasteiger partial charge in [-0.1, -0.05) is 30.3 Å². The summed E-state index contributed by atoms with van der Waals surface area (Å²) in [5, 5.41) is 4.29. The van der Waals surface area contributed by atoms with Gasteiger partial charge in [0.1, 0.15) is 12.7 Å². The highest BCUT2D eigenvalue weighted by Gasteiger charge is 2.05. The van der Waals surface area contributed by atoms with Crippen molar-refractivity contribution in [3.63, 3.8) is 0 Å². The first-order chi connectivity index (χ1) is 8.84. The quantitative estimate of drug-likeness (QED) is 0.682. The molecule has 2 aromatic heterocycles. The number of aromatic nitrogens is 4. The van der Waals surface area contributed by atoms with Crippen LogP contribution in [0, 0.1) is 0 Å². The van der Waals surface area contributed by atoms with Gasteiger partial charge in [0.15, 0.2) is 17.0 Å². The van der Waals surface area contributed by atoms with Crippen LogP contribution in [0.1, 0.15) is 5.56 Å². The molecule has 0 saturated heterocycles. The number of nitrogens with two attached hydrogens (primary N) is 1. The van der Waals surface area contributed by atoms with Crippen LogP contribution in [0.2, 0.25) is 0 Å². The monoisotopic (exact) mass is 238 g/mol. The lowest BCUT2D eigenvalue weighted by Gasteiger charge is -1.95. The second-order valence-corrected chi connectivity index (χ2v) is 3.68. The average molecular weight is 238 g/mol. The fourth-order valence-electron chi connectivity index (χ4n) is 1.59. The number of rotatable bonds is 2. The fraction of sp³-hybridized carbons (Fsp3) is 0. The number of nitrogen functional groups attached to an aromatic ring is 1. The van der Waals surface area contributed by atoms with E-state index in [-0.39, 0.29) is 0 Å². The minimum Gasteiger partial charge on any atom is -0.382 e. The zero-order chi connectivity index (χ0) is 12.4. The van der Waals surface area contributed by atoms with E-state index in [4.69, 9.17) is 5.73 Å². The third kappa shape index (κ3) is 1.80. The molecule has 0 aliphatic rings. The molecule has 0 radical (unpaired) electrons. The van der Waals surface area contributed by atoms with Crippen LogP contribution in [-0.2, 0) is 0 Å². The van der Waals surface area contributed by atoms with E-state index < -0.39 is 0 Å². The van der Waals surface area contributed by atoms with Crippen LogP contribution in [-0.4, -0.2) is 25.8 Å². The van der Waals surface area contributed by atoms with Gasteiger partial charge < -0.3 is 5.73 Å². The number of hydrogen-bond acceptors (Lipinski definition) is 5. The third-order valence-electron chi connectivity index (χ3n) is 2.48. The lowest BCUT2D eigenvalue weighted by molar-refractivity contribution is 0.897. The van der Waals surface area contributed by atoms with Crippen LogP contribution in [0.3, 0.4) is 0 Å². The number of nitrogens with zero attached hydrogens (tertiary/aromatic N) is 5. The summed E-state index contributed by atoms with van der Waals surface area (Å²) >= 11 is 0. The largest absolute Gasteiger partial charge is 0.382 e. The minimum atomic E-state index is 0.355. The summed E-state index contributed by atoms with van der Waals surface area (Å²) in [6.07, 6.45) is 4.70. The molecule has 2 N–H and O–H groups in total. The molecule has 3 rings (SSSR count). The first kappa shape index (κ1) is 10.4. The second-order valence-electron chi connectivity index (χ2n) is 3.68. The Kier molecular flexibility index (Phi) is 2.45. The summed E-state index contributed by atoms with van der Waals surface area (Å²) < 4.78 is 1.57. The number of hydrogen-bond donors (Lipinski definition) is 1. The Morgan fingerprint density at radius 1 is 1.11 bits per heavy atom. The molecule has 0 fully saturated rings. The Balaban J connectivity index is 2.01. The van der Waals surface area contributed by atoms with E-state index in [0.717, 1.165) is 5.56 Å². The van der Waals surface area contributed by atoms with E-state index in [1.807, 2.05) is 30.3 Å². The molecular weight excluding hydrogens is 228 g/mol. The highest BCUT2D eigenvalue weighted by molar-refractivity contribution is 5.83. The first-order valence-corrected chi connectivity index (χ1v) is 5.37. The van der Waals surface area contributed by atoms with E-state index in [9.17, 15) is 0 Å². The Hall–Kier alpha value is -2.76. The predicted molar refractivity (Wildman–Crippen MR) is 69.2 cm³/mol. The minimum absolute atomic E-state index is 0.355. The molecular formula is C12H10N6. The molecule has 2 heterocycles. The van der Waals surface area contributed by atoms with Crippen molar-refractivity contribution in [3.05, 3.63) is 48.5 Å². The first-order valence-electron chi connectivity index (χ1n) is 5.37. The van der Waals surface area contributed by atoms with Crippen molar-refractivity contribution in [1.29, 1.82) is 0 Å². The third-order valence-corrected chi connectivity index (χ3v) is 2.48. The van der Waals surface area contributed by atoms with Gasteiger partial charge >= 0.3 is 0 Å². The van der Waals surface area contributed by atoms with Crippen LogP contribution in [0.15, 0.2) is 48.1 Å². The smallest absolute Gasteiger partial charge is 0.186 e. The van der Waals surface area contributed by atoms with Gasteiger partial charge in [-0.25, -0.2) is 19.6 Å². The Labute approximate surface area is 103 Å². The van der Waals surface area contributed by atoms with Crippen LogP contribution in [0.5, 0.6) is 0 Å². The molecule has 0 bridgehead atoms. The molecule has 0 unspecified atom stereocenters. The molecule has 0 aliphatic carbocycles. The normalized spacial score (nSPS) is 11.3. The van der Waals surface area contributed by atoms with Crippen LogP contribution >= 0.6 is 0 Å². The van der Waals surface area contributed by atoms with Crippen LogP contribution in [0.4, 0.5) is 5.82 Å². The maximum absolute atomic E-state index is 5.70. The summed E-state index contributed by atoms with van der Waals surface area (Å²) in [6.45, 7) is 0. The van der Waals surface area contributed by atoms with Crippen LogP contribution < -0.4 is 5.73 Å². The molecule has 6 nitrogen and oxygen atoms in total. The molecule has 3 aromatic rings. The second kappa shape index (κ2) is 4.25. The summed E-state index contributed by atoms with van der Waals surface area (Å²) in [5.74, 6) is 0.355. The van der Waals surface area contributed by atoms with Gasteiger partial charge in [0.05, 0.1) is 6.21 Å². The van der Waals surface area contributed by atoms with Crippen molar-refractivity contribution >= 4 is 23.2 Å². The molecule has 18 heavy (non-hydrogen) atoms. The lowest BCUT2D eigenvalue weighted by Crippen LogP contribution is -1.95. The number of fused-ring (bicyclic) bond motifs is 1. The zero-order valence-electron chi connectivity index (χ0n) is 9.43. The number of anilines is 1. The summed E-state index contributed by atoms with van der Waals surface area (Å²) in [6, 6.07) is 9.79. The molecule has 88 valence electrons. The maximum atomic E-state index is 5.70. The molecule has 0 saturated carbocycles. The van der Waals surface area contributed by atoms with Gasteiger partial charge in [0, 0.05) is 0 Å². The fourth-order valence-corrected chi connectivity index (χ4v) is 1.59. The van der Waals surface area contributed by atoms with Crippen molar-refractivity contribution in [2.75, 3.05) is 5.73 Å². The standard InChI is InChI=1S/C12H10N6/c13-11-10-12(15-7-14-11)18(8-16-10)17-6-9-4-2-1-3-5-9/h1-8H,(H2,13,14,15)/b17-6+. The van der Waals surface area contributed by atoms with Gasteiger partial charge in [-0.05, 0) is 5.56 Å². The Bertz CT molecular complexity index is 701. The molecule has 6 heteroatoms. The van der Waals surface area contributed by atoms with Gasteiger partial charge in [-0.3, -0.25) is 0 Å². The Morgan fingerprint density at radius 3 is 2.78 bits per heavy atom. The van der Waals surface area contributed by atoms with E-state index in [2.05, 4.69) is 20.1 Å². The zero-order valence-corrected chi connectivity index (χ0v) is 9.43. The van der Waals surface area contributed by atoms with E-state index in [0.29, 0.717) is 17.0 Å². The van der Waals surface area contributed by atoms with Crippen molar-refractivity contribution in [2.24, 2.45) is 5.10 Å². The van der Waals surface area contributed by atoms with Gasteiger partial charge in [0.25, 0.3) is 0 Å². The van der Waals surface area contributed by atoms with E-state index in [1.165, 1.54) is 6.33 Å². The molecule has 0 atom stereocenters. The average Bonchev–Trinajstić information content (AvgIpc) is 2.82. The highest BCUT2D eigenvalue weighted by atomic mass is 15.4. The van der Waals surface area contributed by atoms with Crippen molar-refractivity contribution in [3.8, 4) is 0 Å². The number of benzene rings is 1. The van der Waals surface area contributed by atoms with Crippen LogP contribution in [0.25, 0.3) is 11.2 Å². The van der Waals surface area contributed by atoms with Crippen molar-refractivity contribution in [1.82, 2.24) is 19.6 Å². The van der Waals surface area contributed by atoms with Gasteiger partial charge in [-0.2, -0.15) is 5.10 Å². The molecule has 0 spiro atoms. The van der Waals surface area contributed by atoms with E-state index >= 15 is 0 Å².